The standard InChI is InChI=1S/C25H33Cl2N3O4S/c1-16(2)20-8-10-21(11-9-20)30(35(6,33)34)15-24(31)29(18(5)25(32)28-17(3)4)14-19-7-12-22(26)23(27)13-19/h7-13,16-18H,14-15H2,1-6H3,(H,28,32). The van der Waals surface area contributed by atoms with Gasteiger partial charge in [0.05, 0.1) is 22.0 Å². The van der Waals surface area contributed by atoms with Crippen LogP contribution in [0.2, 0.25) is 10.0 Å². The second-order valence-electron chi connectivity index (χ2n) is 9.13. The summed E-state index contributed by atoms with van der Waals surface area (Å²) >= 11 is 12.2. The van der Waals surface area contributed by atoms with E-state index in [1.807, 2.05) is 39.8 Å². The second kappa shape index (κ2) is 12.1. The number of hydrogen-bond donors (Lipinski definition) is 1. The summed E-state index contributed by atoms with van der Waals surface area (Å²) in [6.45, 7) is 8.92. The maximum Gasteiger partial charge on any atom is 0.244 e. The van der Waals surface area contributed by atoms with E-state index in [2.05, 4.69) is 5.32 Å². The molecule has 0 aliphatic rings. The Balaban J connectivity index is 2.41. The Hall–Kier alpha value is -2.29. The number of carbonyl (C=O) groups excluding carboxylic acids is 2. The van der Waals surface area contributed by atoms with Crippen molar-refractivity contribution in [1.82, 2.24) is 10.2 Å². The molecule has 7 nitrogen and oxygen atoms in total. The summed E-state index contributed by atoms with van der Waals surface area (Å²) in [5.74, 6) is -0.596. The number of nitrogens with zero attached hydrogens (tertiary/aromatic N) is 2. The zero-order valence-corrected chi connectivity index (χ0v) is 23.2. The fourth-order valence-corrected chi connectivity index (χ4v) is 4.63. The third-order valence-corrected chi connectivity index (χ3v) is 7.34. The van der Waals surface area contributed by atoms with Crippen molar-refractivity contribution in [1.29, 1.82) is 0 Å². The molecule has 10 heteroatoms. The van der Waals surface area contributed by atoms with Gasteiger partial charge in [0.2, 0.25) is 21.8 Å². The first-order valence-electron chi connectivity index (χ1n) is 11.3. The second-order valence-corrected chi connectivity index (χ2v) is 11.8. The van der Waals surface area contributed by atoms with Crippen LogP contribution in [0.5, 0.6) is 0 Å². The van der Waals surface area contributed by atoms with Crippen LogP contribution in [0, 0.1) is 0 Å². The molecule has 0 bridgehead atoms. The Bertz CT molecular complexity index is 1150. The van der Waals surface area contributed by atoms with Crippen molar-refractivity contribution in [3.05, 3.63) is 63.6 Å². The van der Waals surface area contributed by atoms with Crippen LogP contribution in [-0.4, -0.2) is 50.0 Å². The van der Waals surface area contributed by atoms with E-state index in [0.717, 1.165) is 16.1 Å². The van der Waals surface area contributed by atoms with Crippen LogP contribution in [0.1, 0.15) is 51.7 Å². The molecule has 0 heterocycles. The Labute approximate surface area is 218 Å². The van der Waals surface area contributed by atoms with E-state index in [4.69, 9.17) is 23.2 Å². The first-order chi connectivity index (χ1) is 16.2. The third-order valence-electron chi connectivity index (χ3n) is 5.46. The van der Waals surface area contributed by atoms with Gasteiger partial charge in [0.1, 0.15) is 12.6 Å². The molecule has 0 fully saturated rings. The molecule has 0 saturated heterocycles. The van der Waals surface area contributed by atoms with Crippen LogP contribution < -0.4 is 9.62 Å². The number of halogens is 2. The fourth-order valence-electron chi connectivity index (χ4n) is 3.46. The number of benzene rings is 2. The lowest BCUT2D eigenvalue weighted by Crippen LogP contribution is -2.52. The predicted octanol–water partition coefficient (Wildman–Crippen LogP) is 4.82. The average Bonchev–Trinajstić information content (AvgIpc) is 2.76. The summed E-state index contributed by atoms with van der Waals surface area (Å²) in [5.41, 5.74) is 2.08. The van der Waals surface area contributed by atoms with E-state index >= 15 is 0 Å². The topological polar surface area (TPSA) is 86.8 Å². The summed E-state index contributed by atoms with van der Waals surface area (Å²) in [5, 5.41) is 3.49. The molecule has 0 radical (unpaired) electrons. The number of sulfonamides is 1. The van der Waals surface area contributed by atoms with Crippen LogP contribution in [0.3, 0.4) is 0 Å². The van der Waals surface area contributed by atoms with Crippen molar-refractivity contribution in [3.8, 4) is 0 Å². The number of nitrogens with one attached hydrogen (secondary N) is 1. The van der Waals surface area contributed by atoms with E-state index in [9.17, 15) is 18.0 Å². The number of carbonyl (C=O) groups is 2. The lowest BCUT2D eigenvalue weighted by Gasteiger charge is -2.32. The predicted molar refractivity (Wildman–Crippen MR) is 142 cm³/mol. The lowest BCUT2D eigenvalue weighted by molar-refractivity contribution is -0.139. The van der Waals surface area contributed by atoms with E-state index in [1.54, 1.807) is 37.3 Å². The minimum absolute atomic E-state index is 0.0479. The maximum atomic E-state index is 13.5. The summed E-state index contributed by atoms with van der Waals surface area (Å²) in [6.07, 6.45) is 1.05. The van der Waals surface area contributed by atoms with Crippen LogP contribution in [-0.2, 0) is 26.2 Å². The highest BCUT2D eigenvalue weighted by Crippen LogP contribution is 2.25. The molecule has 2 aromatic carbocycles. The molecule has 2 rings (SSSR count). The van der Waals surface area contributed by atoms with Gasteiger partial charge < -0.3 is 10.2 Å². The van der Waals surface area contributed by atoms with Crippen LogP contribution in [0.25, 0.3) is 0 Å². The number of rotatable bonds is 10. The largest absolute Gasteiger partial charge is 0.352 e. The molecule has 0 spiro atoms. The van der Waals surface area contributed by atoms with E-state index in [-0.39, 0.29) is 24.4 Å². The quantitative estimate of drug-likeness (QED) is 0.466. The zero-order valence-electron chi connectivity index (χ0n) is 20.9. The Morgan fingerprint density at radius 3 is 2.03 bits per heavy atom. The van der Waals surface area contributed by atoms with E-state index < -0.39 is 28.5 Å². The lowest BCUT2D eigenvalue weighted by atomic mass is 10.0. The molecular weight excluding hydrogens is 509 g/mol. The molecule has 2 amide bonds. The molecule has 1 N–H and O–H groups in total. The summed E-state index contributed by atoms with van der Waals surface area (Å²) in [4.78, 5) is 27.6. The normalized spacial score (nSPS) is 12.5. The molecule has 1 atom stereocenters. The van der Waals surface area contributed by atoms with Crippen molar-refractivity contribution in [3.63, 3.8) is 0 Å². The molecule has 2 aromatic rings. The Morgan fingerprint density at radius 1 is 0.943 bits per heavy atom. The molecule has 1 unspecified atom stereocenters. The average molecular weight is 543 g/mol. The van der Waals surface area contributed by atoms with E-state index in [0.29, 0.717) is 21.3 Å². The van der Waals surface area contributed by atoms with Gasteiger partial charge in [0.15, 0.2) is 0 Å². The SMILES string of the molecule is CC(C)NC(=O)C(C)N(Cc1ccc(Cl)c(Cl)c1)C(=O)CN(c1ccc(C(C)C)cc1)S(C)(=O)=O. The van der Waals surface area contributed by atoms with Gasteiger partial charge in [-0.05, 0) is 62.1 Å². The summed E-state index contributed by atoms with van der Waals surface area (Å²) in [7, 11) is -3.78. The number of amides is 2. The Morgan fingerprint density at radius 2 is 1.54 bits per heavy atom. The molecule has 35 heavy (non-hydrogen) atoms. The highest BCUT2D eigenvalue weighted by Gasteiger charge is 2.30. The van der Waals surface area contributed by atoms with Gasteiger partial charge >= 0.3 is 0 Å². The smallest absolute Gasteiger partial charge is 0.244 e. The molecule has 0 aliphatic carbocycles. The van der Waals surface area contributed by atoms with Gasteiger partial charge in [0.25, 0.3) is 0 Å². The number of anilines is 1. The van der Waals surface area contributed by atoms with Crippen molar-refractivity contribution in [2.75, 3.05) is 17.1 Å². The van der Waals surface area contributed by atoms with Crippen LogP contribution in [0.4, 0.5) is 5.69 Å². The van der Waals surface area contributed by atoms with E-state index in [1.165, 1.54) is 4.90 Å². The van der Waals surface area contributed by atoms with Gasteiger partial charge in [-0.15, -0.1) is 0 Å². The molecule has 0 aliphatic heterocycles. The van der Waals surface area contributed by atoms with Gasteiger partial charge in [-0.2, -0.15) is 0 Å². The minimum atomic E-state index is -3.78. The van der Waals surface area contributed by atoms with Gasteiger partial charge in [-0.25, -0.2) is 8.42 Å². The van der Waals surface area contributed by atoms with Crippen molar-refractivity contribution in [2.24, 2.45) is 0 Å². The highest BCUT2D eigenvalue weighted by molar-refractivity contribution is 7.92. The highest BCUT2D eigenvalue weighted by atomic mass is 35.5. The van der Waals surface area contributed by atoms with Crippen molar-refractivity contribution in [2.45, 2.75) is 59.2 Å². The fraction of sp³-hybridized carbons (Fsp3) is 0.440. The molecular formula is C25H33Cl2N3O4S. The molecule has 192 valence electrons. The van der Waals surface area contributed by atoms with Crippen LogP contribution >= 0.6 is 23.2 Å². The monoisotopic (exact) mass is 541 g/mol. The maximum absolute atomic E-state index is 13.5. The van der Waals surface area contributed by atoms with Crippen molar-refractivity contribution >= 4 is 50.7 Å². The zero-order chi connectivity index (χ0) is 26.5. The molecule has 0 aromatic heterocycles. The first-order valence-corrected chi connectivity index (χ1v) is 13.9. The van der Waals surface area contributed by atoms with Crippen molar-refractivity contribution < 1.29 is 18.0 Å². The summed E-state index contributed by atoms with van der Waals surface area (Å²) in [6, 6.07) is 11.0. The first kappa shape index (κ1) is 28.9. The van der Waals surface area contributed by atoms with Gasteiger partial charge in [0, 0.05) is 12.6 Å². The summed E-state index contributed by atoms with van der Waals surface area (Å²) < 4.78 is 26.3. The van der Waals surface area contributed by atoms with Crippen LogP contribution in [0.15, 0.2) is 42.5 Å². The van der Waals surface area contributed by atoms with Gasteiger partial charge in [-0.1, -0.05) is 55.2 Å². The Kier molecular flexibility index (Phi) is 10.0. The third kappa shape index (κ3) is 8.12. The minimum Gasteiger partial charge on any atom is -0.352 e. The van der Waals surface area contributed by atoms with Gasteiger partial charge in [-0.3, -0.25) is 13.9 Å². The molecule has 0 saturated carbocycles. The number of hydrogen-bond acceptors (Lipinski definition) is 4.